The number of nitrogens with one attached hydrogen (secondary N) is 1. The maximum atomic E-state index is 11.1. The van der Waals surface area contributed by atoms with Crippen molar-refractivity contribution in [2.45, 2.75) is 32.4 Å². The fourth-order valence-corrected chi connectivity index (χ4v) is 2.03. The van der Waals surface area contributed by atoms with Crippen molar-refractivity contribution in [3.8, 4) is 0 Å². The lowest BCUT2D eigenvalue weighted by Gasteiger charge is -2.32. The van der Waals surface area contributed by atoms with Crippen LogP contribution in [0.15, 0.2) is 4.52 Å². The molecule has 1 aromatic heterocycles. The smallest absolute Gasteiger partial charge is 0.322 e. The highest BCUT2D eigenvalue weighted by molar-refractivity contribution is 5.73. The van der Waals surface area contributed by atoms with Crippen LogP contribution in [0.1, 0.15) is 25.1 Å². The van der Waals surface area contributed by atoms with Crippen LogP contribution in [-0.4, -0.2) is 51.8 Å². The number of piperazine rings is 1. The van der Waals surface area contributed by atoms with E-state index < -0.39 is 12.0 Å². The first-order valence-electron chi connectivity index (χ1n) is 6.19. The Morgan fingerprint density at radius 2 is 2.50 bits per heavy atom. The minimum absolute atomic E-state index is 0.422. The lowest BCUT2D eigenvalue weighted by atomic mass is 10.2. The van der Waals surface area contributed by atoms with E-state index in [0.29, 0.717) is 31.3 Å². The molecule has 1 aromatic rings. The number of hydrogen-bond donors (Lipinski definition) is 2. The Bertz CT molecular complexity index is 407. The Morgan fingerprint density at radius 1 is 1.67 bits per heavy atom. The van der Waals surface area contributed by atoms with Crippen LogP contribution in [0.25, 0.3) is 0 Å². The maximum absolute atomic E-state index is 11.1. The van der Waals surface area contributed by atoms with Crippen LogP contribution < -0.4 is 5.32 Å². The van der Waals surface area contributed by atoms with Gasteiger partial charge < -0.3 is 14.9 Å². The minimum Gasteiger partial charge on any atom is -0.480 e. The van der Waals surface area contributed by atoms with Gasteiger partial charge in [-0.25, -0.2) is 0 Å². The van der Waals surface area contributed by atoms with Gasteiger partial charge in [0.15, 0.2) is 5.82 Å². The highest BCUT2D eigenvalue weighted by Gasteiger charge is 2.29. The van der Waals surface area contributed by atoms with Gasteiger partial charge in [0.25, 0.3) is 0 Å². The molecule has 0 bridgehead atoms. The van der Waals surface area contributed by atoms with E-state index in [1.165, 1.54) is 0 Å². The summed E-state index contributed by atoms with van der Waals surface area (Å²) in [6.45, 7) is 4.37. The van der Waals surface area contributed by atoms with Crippen LogP contribution in [-0.2, 0) is 17.8 Å². The fourth-order valence-electron chi connectivity index (χ4n) is 2.03. The summed E-state index contributed by atoms with van der Waals surface area (Å²) in [6, 6.07) is -0.521. The molecule has 2 N–H and O–H groups in total. The van der Waals surface area contributed by atoms with E-state index in [1.807, 2.05) is 11.8 Å². The Labute approximate surface area is 105 Å². The predicted molar refractivity (Wildman–Crippen MR) is 63.0 cm³/mol. The molecular weight excluding hydrogens is 236 g/mol. The zero-order valence-electron chi connectivity index (χ0n) is 10.4. The van der Waals surface area contributed by atoms with Crippen molar-refractivity contribution in [2.24, 2.45) is 0 Å². The van der Waals surface area contributed by atoms with Crippen molar-refractivity contribution < 1.29 is 14.4 Å². The van der Waals surface area contributed by atoms with E-state index in [4.69, 9.17) is 9.63 Å². The molecule has 18 heavy (non-hydrogen) atoms. The summed E-state index contributed by atoms with van der Waals surface area (Å²) in [5, 5.41) is 16.1. The van der Waals surface area contributed by atoms with Gasteiger partial charge in [-0.3, -0.25) is 9.69 Å². The topological polar surface area (TPSA) is 91.5 Å². The second-order valence-corrected chi connectivity index (χ2v) is 4.38. The molecule has 1 fully saturated rings. The third kappa shape index (κ3) is 3.05. The first-order chi connectivity index (χ1) is 8.70. The van der Waals surface area contributed by atoms with E-state index in [-0.39, 0.29) is 0 Å². The molecule has 1 aliphatic heterocycles. The molecule has 2 heterocycles. The van der Waals surface area contributed by atoms with Crippen LogP contribution in [0.3, 0.4) is 0 Å². The van der Waals surface area contributed by atoms with Gasteiger partial charge >= 0.3 is 5.97 Å². The van der Waals surface area contributed by atoms with Crippen molar-refractivity contribution in [1.29, 1.82) is 0 Å². The average Bonchev–Trinajstić information content (AvgIpc) is 2.77. The van der Waals surface area contributed by atoms with E-state index in [9.17, 15) is 4.79 Å². The van der Waals surface area contributed by atoms with Gasteiger partial charge in [-0.05, 0) is 6.42 Å². The second-order valence-electron chi connectivity index (χ2n) is 4.38. The lowest BCUT2D eigenvalue weighted by molar-refractivity contribution is -0.144. The molecule has 1 aliphatic rings. The number of aliphatic carboxylic acids is 1. The molecule has 0 radical (unpaired) electrons. The zero-order valence-corrected chi connectivity index (χ0v) is 10.4. The summed E-state index contributed by atoms with van der Waals surface area (Å²) in [5.74, 6) is 0.362. The zero-order chi connectivity index (χ0) is 13.0. The molecule has 7 heteroatoms. The molecule has 100 valence electrons. The van der Waals surface area contributed by atoms with Crippen LogP contribution in [0.5, 0.6) is 0 Å². The number of carbonyl (C=O) groups is 1. The lowest BCUT2D eigenvalue weighted by Crippen LogP contribution is -2.54. The molecule has 2 rings (SSSR count). The van der Waals surface area contributed by atoms with Crippen LogP contribution in [0.4, 0.5) is 0 Å². The average molecular weight is 254 g/mol. The van der Waals surface area contributed by atoms with E-state index in [0.717, 1.165) is 19.4 Å². The summed E-state index contributed by atoms with van der Waals surface area (Å²) in [6.07, 6.45) is 1.71. The number of aryl methyl sites for hydroxylation is 1. The number of carboxylic acids is 1. The number of hydrogen-bond acceptors (Lipinski definition) is 6. The van der Waals surface area contributed by atoms with Crippen LogP contribution in [0, 0.1) is 0 Å². The van der Waals surface area contributed by atoms with E-state index in [1.54, 1.807) is 0 Å². The van der Waals surface area contributed by atoms with Crippen molar-refractivity contribution in [3.05, 3.63) is 11.7 Å². The number of carboxylic acid groups (broad SMARTS) is 1. The molecular formula is C11H18N4O3. The Balaban J connectivity index is 1.99. The first-order valence-corrected chi connectivity index (χ1v) is 6.19. The summed E-state index contributed by atoms with van der Waals surface area (Å²) in [5.41, 5.74) is 0. The van der Waals surface area contributed by atoms with Crippen LogP contribution >= 0.6 is 0 Å². The molecule has 0 amide bonds. The molecule has 1 atom stereocenters. The maximum Gasteiger partial charge on any atom is 0.322 e. The van der Waals surface area contributed by atoms with Crippen molar-refractivity contribution >= 4 is 5.97 Å². The van der Waals surface area contributed by atoms with Gasteiger partial charge in [0.1, 0.15) is 6.04 Å². The second kappa shape index (κ2) is 5.92. The summed E-state index contributed by atoms with van der Waals surface area (Å²) < 4.78 is 5.09. The van der Waals surface area contributed by atoms with Crippen molar-refractivity contribution in [3.63, 3.8) is 0 Å². The van der Waals surface area contributed by atoms with Crippen molar-refractivity contribution in [2.75, 3.05) is 19.6 Å². The molecule has 1 unspecified atom stereocenters. The van der Waals surface area contributed by atoms with Crippen LogP contribution in [0.2, 0.25) is 0 Å². The molecule has 0 aliphatic carbocycles. The summed E-state index contributed by atoms with van der Waals surface area (Å²) in [7, 11) is 0. The Kier molecular flexibility index (Phi) is 4.27. The number of aromatic nitrogens is 2. The normalized spacial score (nSPS) is 21.1. The van der Waals surface area contributed by atoms with Gasteiger partial charge in [0, 0.05) is 26.1 Å². The van der Waals surface area contributed by atoms with Crippen molar-refractivity contribution in [1.82, 2.24) is 20.4 Å². The molecule has 1 saturated heterocycles. The van der Waals surface area contributed by atoms with E-state index in [2.05, 4.69) is 15.5 Å². The largest absolute Gasteiger partial charge is 0.480 e. The highest BCUT2D eigenvalue weighted by atomic mass is 16.5. The summed E-state index contributed by atoms with van der Waals surface area (Å²) >= 11 is 0. The van der Waals surface area contributed by atoms with Gasteiger partial charge in [-0.2, -0.15) is 4.98 Å². The number of rotatable bonds is 5. The first kappa shape index (κ1) is 13.0. The highest BCUT2D eigenvalue weighted by Crippen LogP contribution is 2.09. The molecule has 7 nitrogen and oxygen atoms in total. The molecule has 0 saturated carbocycles. The SMILES string of the molecule is CCCc1nc(CN2CCNCC2C(=O)O)no1. The minimum atomic E-state index is -0.820. The third-order valence-corrected chi connectivity index (χ3v) is 2.96. The van der Waals surface area contributed by atoms with E-state index >= 15 is 0 Å². The monoisotopic (exact) mass is 254 g/mol. The Morgan fingerprint density at radius 3 is 3.22 bits per heavy atom. The quantitative estimate of drug-likeness (QED) is 0.756. The van der Waals surface area contributed by atoms with Gasteiger partial charge in [0.05, 0.1) is 6.54 Å². The number of nitrogens with zero attached hydrogens (tertiary/aromatic N) is 3. The molecule has 0 spiro atoms. The standard InChI is InChI=1S/C11H18N4O3/c1-2-3-10-13-9(14-18-10)7-15-5-4-12-6-8(15)11(16)17/h8,12H,2-7H2,1H3,(H,16,17). The Hall–Kier alpha value is -1.47. The fraction of sp³-hybridized carbons (Fsp3) is 0.727. The van der Waals surface area contributed by atoms with Gasteiger partial charge in [-0.1, -0.05) is 12.1 Å². The molecule has 0 aromatic carbocycles. The summed E-state index contributed by atoms with van der Waals surface area (Å²) in [4.78, 5) is 17.2. The van der Waals surface area contributed by atoms with Gasteiger partial charge in [-0.15, -0.1) is 0 Å². The third-order valence-electron chi connectivity index (χ3n) is 2.96. The predicted octanol–water partition coefficient (Wildman–Crippen LogP) is -0.119. The van der Waals surface area contributed by atoms with Gasteiger partial charge in [0.2, 0.25) is 5.89 Å².